The summed E-state index contributed by atoms with van der Waals surface area (Å²) in [5.41, 5.74) is -0.146. The number of hydrogen-bond donors (Lipinski definition) is 2. The van der Waals surface area contributed by atoms with Crippen LogP contribution in [0.5, 0.6) is 0 Å². The Morgan fingerprint density at radius 1 is 1.27 bits per heavy atom. The second kappa shape index (κ2) is 8.37. The SMILES string of the molecule is CC[C@H](C)[C@H](NC(=O)Cn1nc(-c2ccccc2F)ccc1=O)C(=O)O. The molecule has 2 N–H and O–H groups in total. The zero-order chi connectivity index (χ0) is 19.3. The third-order valence-electron chi connectivity index (χ3n) is 4.11. The van der Waals surface area contributed by atoms with E-state index in [0.29, 0.717) is 6.42 Å². The summed E-state index contributed by atoms with van der Waals surface area (Å²) >= 11 is 0. The Labute approximate surface area is 149 Å². The average molecular weight is 361 g/mol. The average Bonchev–Trinajstić information content (AvgIpc) is 2.61. The minimum Gasteiger partial charge on any atom is -0.480 e. The lowest BCUT2D eigenvalue weighted by Crippen LogP contribution is -2.47. The molecule has 0 aliphatic heterocycles. The molecule has 138 valence electrons. The molecule has 1 aromatic carbocycles. The molecular weight excluding hydrogens is 341 g/mol. The van der Waals surface area contributed by atoms with Crippen LogP contribution in [0.1, 0.15) is 20.3 Å². The Balaban J connectivity index is 2.22. The monoisotopic (exact) mass is 361 g/mol. The second-order valence-electron chi connectivity index (χ2n) is 5.96. The van der Waals surface area contributed by atoms with Gasteiger partial charge in [-0.05, 0) is 24.1 Å². The van der Waals surface area contributed by atoms with E-state index in [1.54, 1.807) is 13.0 Å². The van der Waals surface area contributed by atoms with Crippen molar-refractivity contribution in [2.75, 3.05) is 0 Å². The fourth-order valence-corrected chi connectivity index (χ4v) is 2.41. The van der Waals surface area contributed by atoms with Gasteiger partial charge in [-0.2, -0.15) is 5.10 Å². The molecule has 1 heterocycles. The number of benzene rings is 1. The van der Waals surface area contributed by atoms with Crippen LogP contribution in [0.2, 0.25) is 0 Å². The topological polar surface area (TPSA) is 101 Å². The van der Waals surface area contributed by atoms with Crippen LogP contribution in [-0.2, 0) is 16.1 Å². The molecule has 0 fully saturated rings. The van der Waals surface area contributed by atoms with Gasteiger partial charge in [0, 0.05) is 11.6 Å². The number of hydrogen-bond acceptors (Lipinski definition) is 4. The highest BCUT2D eigenvalue weighted by molar-refractivity contribution is 5.83. The van der Waals surface area contributed by atoms with Crippen molar-refractivity contribution >= 4 is 11.9 Å². The molecule has 0 bridgehead atoms. The van der Waals surface area contributed by atoms with E-state index < -0.39 is 35.8 Å². The van der Waals surface area contributed by atoms with Gasteiger partial charge in [0.05, 0.1) is 5.69 Å². The number of aliphatic carboxylic acids is 1. The number of carboxylic acid groups (broad SMARTS) is 1. The molecule has 0 saturated heterocycles. The van der Waals surface area contributed by atoms with Crippen LogP contribution in [0, 0.1) is 11.7 Å². The highest BCUT2D eigenvalue weighted by Crippen LogP contribution is 2.18. The van der Waals surface area contributed by atoms with Gasteiger partial charge in [0.2, 0.25) is 5.91 Å². The summed E-state index contributed by atoms with van der Waals surface area (Å²) < 4.78 is 14.8. The van der Waals surface area contributed by atoms with Crippen LogP contribution in [-0.4, -0.2) is 32.8 Å². The summed E-state index contributed by atoms with van der Waals surface area (Å²) in [6, 6.07) is 7.44. The van der Waals surface area contributed by atoms with Gasteiger partial charge in [-0.1, -0.05) is 32.4 Å². The molecule has 2 atom stereocenters. The van der Waals surface area contributed by atoms with Crippen LogP contribution in [0.3, 0.4) is 0 Å². The number of carboxylic acids is 1. The van der Waals surface area contributed by atoms with Gasteiger partial charge in [0.1, 0.15) is 18.4 Å². The molecule has 26 heavy (non-hydrogen) atoms. The number of nitrogens with zero attached hydrogens (tertiary/aromatic N) is 2. The molecule has 2 aromatic rings. The molecule has 0 unspecified atom stereocenters. The molecule has 0 radical (unpaired) electrons. The summed E-state index contributed by atoms with van der Waals surface area (Å²) in [5.74, 6) is -2.57. The van der Waals surface area contributed by atoms with Crippen molar-refractivity contribution in [3.8, 4) is 11.3 Å². The number of carbonyl (C=O) groups is 2. The fraction of sp³-hybridized carbons (Fsp3) is 0.333. The van der Waals surface area contributed by atoms with E-state index in [1.165, 1.54) is 30.3 Å². The van der Waals surface area contributed by atoms with Crippen molar-refractivity contribution in [1.29, 1.82) is 0 Å². The van der Waals surface area contributed by atoms with Gasteiger partial charge in [-0.25, -0.2) is 13.9 Å². The van der Waals surface area contributed by atoms with Crippen LogP contribution < -0.4 is 10.9 Å². The number of nitrogens with one attached hydrogen (secondary N) is 1. The molecule has 8 heteroatoms. The smallest absolute Gasteiger partial charge is 0.326 e. The highest BCUT2D eigenvalue weighted by Gasteiger charge is 2.25. The maximum Gasteiger partial charge on any atom is 0.326 e. The van der Waals surface area contributed by atoms with Crippen molar-refractivity contribution in [2.24, 2.45) is 5.92 Å². The van der Waals surface area contributed by atoms with E-state index in [1.807, 2.05) is 6.92 Å². The van der Waals surface area contributed by atoms with Gasteiger partial charge in [0.25, 0.3) is 5.56 Å². The Kier molecular flexibility index (Phi) is 6.21. The summed E-state index contributed by atoms with van der Waals surface area (Å²) in [6.45, 7) is 3.07. The highest BCUT2D eigenvalue weighted by atomic mass is 19.1. The third kappa shape index (κ3) is 4.53. The summed E-state index contributed by atoms with van der Waals surface area (Å²) in [7, 11) is 0. The van der Waals surface area contributed by atoms with Gasteiger partial charge < -0.3 is 10.4 Å². The zero-order valence-corrected chi connectivity index (χ0v) is 14.5. The normalized spacial score (nSPS) is 13.0. The minimum atomic E-state index is -1.15. The first-order valence-corrected chi connectivity index (χ1v) is 8.18. The standard InChI is InChI=1S/C18H20FN3O4/c1-3-11(2)17(18(25)26)20-15(23)10-22-16(24)9-8-14(21-22)12-6-4-5-7-13(12)19/h4-9,11,17H,3,10H2,1-2H3,(H,20,23)(H,25,26)/t11-,17-/m0/s1. The molecule has 1 amide bonds. The lowest BCUT2D eigenvalue weighted by molar-refractivity contribution is -0.143. The Hall–Kier alpha value is -3.03. The second-order valence-corrected chi connectivity index (χ2v) is 5.96. The van der Waals surface area contributed by atoms with E-state index in [-0.39, 0.29) is 17.2 Å². The summed E-state index contributed by atoms with van der Waals surface area (Å²) in [5, 5.41) is 15.6. The number of halogens is 1. The van der Waals surface area contributed by atoms with Gasteiger partial charge in [-0.3, -0.25) is 9.59 Å². The predicted molar refractivity (Wildman–Crippen MR) is 92.9 cm³/mol. The Morgan fingerprint density at radius 3 is 2.58 bits per heavy atom. The van der Waals surface area contributed by atoms with Gasteiger partial charge in [-0.15, -0.1) is 0 Å². The third-order valence-corrected chi connectivity index (χ3v) is 4.11. The van der Waals surface area contributed by atoms with Crippen LogP contribution in [0.15, 0.2) is 41.2 Å². The van der Waals surface area contributed by atoms with Crippen molar-refractivity contribution < 1.29 is 19.1 Å². The molecular formula is C18H20FN3O4. The number of aromatic nitrogens is 2. The van der Waals surface area contributed by atoms with Crippen LogP contribution >= 0.6 is 0 Å². The first-order chi connectivity index (χ1) is 12.3. The van der Waals surface area contributed by atoms with E-state index in [9.17, 15) is 23.9 Å². The maximum atomic E-state index is 13.9. The molecule has 0 aliphatic carbocycles. The molecule has 2 rings (SSSR count). The molecule has 0 saturated carbocycles. The molecule has 1 aromatic heterocycles. The minimum absolute atomic E-state index is 0.199. The Morgan fingerprint density at radius 2 is 1.96 bits per heavy atom. The van der Waals surface area contributed by atoms with E-state index >= 15 is 0 Å². The largest absolute Gasteiger partial charge is 0.480 e. The Bertz CT molecular complexity index is 866. The van der Waals surface area contributed by atoms with Crippen molar-refractivity contribution in [3.05, 3.63) is 52.6 Å². The summed E-state index contributed by atoms with van der Waals surface area (Å²) in [4.78, 5) is 35.4. The first-order valence-electron chi connectivity index (χ1n) is 8.18. The number of rotatable bonds is 7. The van der Waals surface area contributed by atoms with Crippen LogP contribution in [0.25, 0.3) is 11.3 Å². The van der Waals surface area contributed by atoms with Gasteiger partial charge in [0.15, 0.2) is 0 Å². The lowest BCUT2D eigenvalue weighted by Gasteiger charge is -2.20. The zero-order valence-electron chi connectivity index (χ0n) is 14.5. The van der Waals surface area contributed by atoms with Crippen LogP contribution in [0.4, 0.5) is 4.39 Å². The predicted octanol–water partition coefficient (Wildman–Crippen LogP) is 1.66. The molecule has 0 spiro atoms. The number of amides is 1. The number of carbonyl (C=O) groups excluding carboxylic acids is 1. The maximum absolute atomic E-state index is 13.9. The van der Waals surface area contributed by atoms with Crippen molar-refractivity contribution in [3.63, 3.8) is 0 Å². The summed E-state index contributed by atoms with van der Waals surface area (Å²) in [6.07, 6.45) is 0.568. The molecule has 7 nitrogen and oxygen atoms in total. The fourth-order valence-electron chi connectivity index (χ4n) is 2.41. The van der Waals surface area contributed by atoms with E-state index in [0.717, 1.165) is 4.68 Å². The van der Waals surface area contributed by atoms with Gasteiger partial charge >= 0.3 is 5.97 Å². The molecule has 0 aliphatic rings. The first kappa shape index (κ1) is 19.3. The van der Waals surface area contributed by atoms with E-state index in [4.69, 9.17) is 0 Å². The quantitative estimate of drug-likeness (QED) is 0.781. The van der Waals surface area contributed by atoms with E-state index in [2.05, 4.69) is 10.4 Å². The van der Waals surface area contributed by atoms with Crippen molar-refractivity contribution in [2.45, 2.75) is 32.9 Å². The lowest BCUT2D eigenvalue weighted by atomic mass is 9.99. The van der Waals surface area contributed by atoms with Crippen molar-refractivity contribution in [1.82, 2.24) is 15.1 Å².